The highest BCUT2D eigenvalue weighted by Gasteiger charge is 2.47. The Bertz CT molecular complexity index is 1430. The Kier molecular flexibility index (Phi) is 6.21. The monoisotopic (exact) mass is 483 g/mol. The molecule has 7 heteroatoms. The normalized spacial score (nSPS) is 17.1. The Balaban J connectivity index is 1.45. The molecular formula is C29H25NO6. The van der Waals surface area contributed by atoms with Gasteiger partial charge < -0.3 is 23.6 Å². The van der Waals surface area contributed by atoms with Crippen molar-refractivity contribution in [1.82, 2.24) is 4.90 Å². The zero-order chi connectivity index (χ0) is 25.2. The van der Waals surface area contributed by atoms with Crippen molar-refractivity contribution < 1.29 is 28.3 Å². The minimum absolute atomic E-state index is 0.0329. The molecule has 182 valence electrons. The molecule has 0 aliphatic carbocycles. The fraction of sp³-hybridized carbons (Fsp3) is 0.172. The van der Waals surface area contributed by atoms with Gasteiger partial charge in [0.1, 0.15) is 41.4 Å². The molecule has 2 aromatic heterocycles. The molecule has 1 aliphatic rings. The van der Waals surface area contributed by atoms with E-state index in [1.807, 2.05) is 31.2 Å². The molecule has 1 N–H and O–H groups in total. The second-order valence-corrected chi connectivity index (χ2v) is 8.69. The first kappa shape index (κ1) is 23.2. The van der Waals surface area contributed by atoms with E-state index in [1.54, 1.807) is 55.5 Å². The maximum Gasteiger partial charge on any atom is 0.296 e. The van der Waals surface area contributed by atoms with E-state index >= 15 is 0 Å². The van der Waals surface area contributed by atoms with Gasteiger partial charge in [-0.05, 0) is 73.5 Å². The molecule has 0 saturated carbocycles. The van der Waals surface area contributed by atoms with Crippen LogP contribution in [0.15, 0.2) is 93.5 Å². The Morgan fingerprint density at radius 1 is 0.972 bits per heavy atom. The van der Waals surface area contributed by atoms with Gasteiger partial charge in [-0.1, -0.05) is 24.3 Å². The van der Waals surface area contributed by atoms with Gasteiger partial charge in [-0.25, -0.2) is 0 Å². The van der Waals surface area contributed by atoms with E-state index in [1.165, 1.54) is 11.2 Å². The number of hydrogen-bond acceptors (Lipinski definition) is 6. The first-order valence-electron chi connectivity index (χ1n) is 11.6. The zero-order valence-corrected chi connectivity index (χ0v) is 19.9. The minimum atomic E-state index is -0.888. The zero-order valence-electron chi connectivity index (χ0n) is 19.9. The summed E-state index contributed by atoms with van der Waals surface area (Å²) in [7, 11) is 0. The number of carbonyl (C=O) groups is 2. The Morgan fingerprint density at radius 2 is 1.75 bits per heavy atom. The largest absolute Gasteiger partial charge is 0.507 e. The number of carbonyl (C=O) groups excluding carboxylic acids is 2. The molecule has 0 bridgehead atoms. The van der Waals surface area contributed by atoms with E-state index in [4.69, 9.17) is 13.6 Å². The smallest absolute Gasteiger partial charge is 0.296 e. The van der Waals surface area contributed by atoms with Crippen LogP contribution in [0.25, 0.3) is 5.76 Å². The predicted octanol–water partition coefficient (Wildman–Crippen LogP) is 5.69. The molecule has 2 aromatic carbocycles. The first-order chi connectivity index (χ1) is 17.4. The third-order valence-electron chi connectivity index (χ3n) is 6.26. The average molecular weight is 484 g/mol. The number of ketones is 1. The highest BCUT2D eigenvalue weighted by molar-refractivity contribution is 6.46. The predicted molar refractivity (Wildman–Crippen MR) is 132 cm³/mol. The van der Waals surface area contributed by atoms with Crippen molar-refractivity contribution in [3.63, 3.8) is 0 Å². The summed E-state index contributed by atoms with van der Waals surface area (Å²) in [5.74, 6) is 0.358. The van der Waals surface area contributed by atoms with E-state index in [0.717, 1.165) is 11.1 Å². The molecule has 36 heavy (non-hydrogen) atoms. The van der Waals surface area contributed by atoms with Crippen molar-refractivity contribution in [3.8, 4) is 5.75 Å². The molecule has 1 fully saturated rings. The van der Waals surface area contributed by atoms with Crippen molar-refractivity contribution in [1.29, 1.82) is 0 Å². The lowest BCUT2D eigenvalue weighted by Crippen LogP contribution is -2.28. The molecule has 7 nitrogen and oxygen atoms in total. The van der Waals surface area contributed by atoms with Gasteiger partial charge in [-0.3, -0.25) is 9.59 Å². The number of likely N-dealkylation sites (tertiary alicyclic amines) is 1. The van der Waals surface area contributed by atoms with Gasteiger partial charge in [0.25, 0.3) is 11.7 Å². The van der Waals surface area contributed by atoms with Crippen LogP contribution in [-0.2, 0) is 22.7 Å². The van der Waals surface area contributed by atoms with Crippen LogP contribution in [-0.4, -0.2) is 21.7 Å². The number of amides is 1. The molecule has 0 radical (unpaired) electrons. The lowest BCUT2D eigenvalue weighted by Gasteiger charge is -2.22. The van der Waals surface area contributed by atoms with Gasteiger partial charge in [-0.15, -0.1) is 0 Å². The highest BCUT2D eigenvalue weighted by Crippen LogP contribution is 2.41. The van der Waals surface area contributed by atoms with Gasteiger partial charge in [0.05, 0.1) is 18.4 Å². The molecule has 5 rings (SSSR count). The van der Waals surface area contributed by atoms with Gasteiger partial charge in [-0.2, -0.15) is 0 Å². The fourth-order valence-electron chi connectivity index (χ4n) is 4.31. The molecule has 1 atom stereocenters. The van der Waals surface area contributed by atoms with Crippen LogP contribution < -0.4 is 4.74 Å². The van der Waals surface area contributed by atoms with E-state index in [-0.39, 0.29) is 17.9 Å². The van der Waals surface area contributed by atoms with E-state index in [0.29, 0.717) is 35.2 Å². The molecule has 0 spiro atoms. The first-order valence-corrected chi connectivity index (χ1v) is 11.6. The third kappa shape index (κ3) is 4.43. The van der Waals surface area contributed by atoms with Crippen molar-refractivity contribution in [2.45, 2.75) is 33.0 Å². The summed E-state index contributed by atoms with van der Waals surface area (Å²) >= 11 is 0. The highest BCUT2D eigenvalue weighted by atomic mass is 16.5. The lowest BCUT2D eigenvalue weighted by atomic mass is 9.99. The summed E-state index contributed by atoms with van der Waals surface area (Å²) in [5.41, 5.74) is 2.58. The second-order valence-electron chi connectivity index (χ2n) is 8.69. The Morgan fingerprint density at radius 3 is 2.42 bits per heavy atom. The number of aliphatic hydroxyl groups is 1. The molecule has 4 aromatic rings. The van der Waals surface area contributed by atoms with Crippen LogP contribution in [0.4, 0.5) is 0 Å². The molecule has 1 saturated heterocycles. The number of Topliss-reactive ketones (excluding diaryl/α,β-unsaturated/α-hetero) is 1. The van der Waals surface area contributed by atoms with Crippen molar-refractivity contribution >= 4 is 17.4 Å². The number of aryl methyl sites for hydroxylation is 2. The molecule has 0 unspecified atom stereocenters. The summed E-state index contributed by atoms with van der Waals surface area (Å²) in [5, 5.41) is 11.2. The standard InChI is InChI=1S/C29H25NO6/c1-18-6-3-4-7-21(18)17-35-22-12-10-20(11-13-22)27(31)25-26(24-14-9-19(2)36-24)30(29(33)28(25)32)16-23-8-5-15-34-23/h3-15,26,31H,16-17H2,1-2H3/t26-/m0/s1. The SMILES string of the molecule is Cc1ccc([C@H]2C(=C(O)c3ccc(OCc4ccccc4C)cc3)C(=O)C(=O)N2Cc2ccco2)o1. The summed E-state index contributed by atoms with van der Waals surface area (Å²) in [4.78, 5) is 27.5. The Hall–Kier alpha value is -4.52. The number of furan rings is 2. The van der Waals surface area contributed by atoms with Crippen LogP contribution in [0.1, 0.15) is 40.0 Å². The number of aliphatic hydroxyl groups excluding tert-OH is 1. The summed E-state index contributed by atoms with van der Waals surface area (Å²) in [6, 6.07) is 20.7. The summed E-state index contributed by atoms with van der Waals surface area (Å²) < 4.78 is 17.1. The number of ether oxygens (including phenoxy) is 1. The van der Waals surface area contributed by atoms with Crippen LogP contribution in [0.5, 0.6) is 5.75 Å². The van der Waals surface area contributed by atoms with Gasteiger partial charge in [0, 0.05) is 5.56 Å². The maximum absolute atomic E-state index is 13.1. The van der Waals surface area contributed by atoms with E-state index in [9.17, 15) is 14.7 Å². The maximum atomic E-state index is 13.1. The van der Waals surface area contributed by atoms with Gasteiger partial charge >= 0.3 is 0 Å². The van der Waals surface area contributed by atoms with Crippen LogP contribution in [0, 0.1) is 13.8 Å². The molecule has 1 aliphatic heterocycles. The van der Waals surface area contributed by atoms with Crippen molar-refractivity contribution in [2.75, 3.05) is 0 Å². The van der Waals surface area contributed by atoms with E-state index in [2.05, 4.69) is 0 Å². The minimum Gasteiger partial charge on any atom is -0.507 e. The summed E-state index contributed by atoms with van der Waals surface area (Å²) in [6.07, 6.45) is 1.50. The van der Waals surface area contributed by atoms with Crippen LogP contribution >= 0.6 is 0 Å². The second kappa shape index (κ2) is 9.62. The molecule has 1 amide bonds. The molecule has 3 heterocycles. The summed E-state index contributed by atoms with van der Waals surface area (Å²) in [6.45, 7) is 4.27. The van der Waals surface area contributed by atoms with Gasteiger partial charge in [0.15, 0.2) is 0 Å². The van der Waals surface area contributed by atoms with Crippen LogP contribution in [0.3, 0.4) is 0 Å². The number of nitrogens with zero attached hydrogens (tertiary/aromatic N) is 1. The number of benzene rings is 2. The fourth-order valence-corrected chi connectivity index (χ4v) is 4.31. The van der Waals surface area contributed by atoms with Crippen molar-refractivity contribution in [2.24, 2.45) is 0 Å². The van der Waals surface area contributed by atoms with E-state index < -0.39 is 17.7 Å². The Labute approximate surface area is 208 Å². The quantitative estimate of drug-likeness (QED) is 0.206. The molecular weight excluding hydrogens is 458 g/mol. The van der Waals surface area contributed by atoms with Crippen molar-refractivity contribution in [3.05, 3.63) is 119 Å². The van der Waals surface area contributed by atoms with Gasteiger partial charge in [0.2, 0.25) is 0 Å². The topological polar surface area (TPSA) is 93.1 Å². The van der Waals surface area contributed by atoms with Crippen LogP contribution in [0.2, 0.25) is 0 Å². The third-order valence-corrected chi connectivity index (χ3v) is 6.26. The number of hydrogen-bond donors (Lipinski definition) is 1. The average Bonchev–Trinajstić information content (AvgIpc) is 3.61. The lowest BCUT2D eigenvalue weighted by molar-refractivity contribution is -0.140. The number of rotatable bonds is 7.